The number of aromatic nitrogens is 2. The van der Waals surface area contributed by atoms with Crippen molar-refractivity contribution in [1.29, 1.82) is 0 Å². The maximum Gasteiger partial charge on any atom is 0.137 e. The smallest absolute Gasteiger partial charge is 0.137 e. The third kappa shape index (κ3) is 10.4. The molecule has 1 aliphatic rings. The van der Waals surface area contributed by atoms with Gasteiger partial charge in [-0.25, -0.2) is 4.98 Å². The number of rotatable bonds is 10. The Balaban J connectivity index is 0.892. The lowest BCUT2D eigenvalue weighted by Crippen LogP contribution is -2.29. The first-order chi connectivity index (χ1) is 36.7. The van der Waals surface area contributed by atoms with E-state index in [-0.39, 0.29) is 21.7 Å². The summed E-state index contributed by atoms with van der Waals surface area (Å²) in [6, 6.07) is 69.2. The summed E-state index contributed by atoms with van der Waals surface area (Å²) >= 11 is 0. The zero-order valence-corrected chi connectivity index (χ0v) is 47.3. The number of nitrogens with zero attached hydrogens (tertiary/aromatic N) is 4. The van der Waals surface area contributed by atoms with Crippen molar-refractivity contribution in [2.24, 2.45) is 0 Å². The molecule has 0 saturated heterocycles. The Morgan fingerprint density at radius 2 is 1.06 bits per heavy atom. The minimum Gasteiger partial charge on any atom is -0.457 e. The molecule has 0 radical (unpaired) electrons. The molecule has 5 nitrogen and oxygen atoms in total. The minimum absolute atomic E-state index is 0.0159. The second-order valence-electron chi connectivity index (χ2n) is 25.4. The van der Waals surface area contributed by atoms with Gasteiger partial charge in [-0.05, 0) is 156 Å². The van der Waals surface area contributed by atoms with E-state index in [1.165, 1.54) is 78.0 Å². The number of para-hydroxylation sites is 2. The number of pyridine rings is 1. The maximum absolute atomic E-state index is 6.86. The Morgan fingerprint density at radius 3 is 1.79 bits per heavy atom. The van der Waals surface area contributed by atoms with Crippen LogP contribution in [0.1, 0.15) is 111 Å². The van der Waals surface area contributed by atoms with Gasteiger partial charge in [0.25, 0.3) is 0 Å². The molecule has 0 fully saturated rings. The van der Waals surface area contributed by atoms with Gasteiger partial charge in [0, 0.05) is 41.3 Å². The summed E-state index contributed by atoms with van der Waals surface area (Å²) in [5.41, 5.74) is 19.9. The lowest BCUT2D eigenvalue weighted by molar-refractivity contribution is 0.483. The van der Waals surface area contributed by atoms with Crippen molar-refractivity contribution < 1.29 is 4.74 Å². The van der Waals surface area contributed by atoms with Gasteiger partial charge >= 0.3 is 0 Å². The predicted octanol–water partition coefficient (Wildman–Crippen LogP) is 19.3. The van der Waals surface area contributed by atoms with E-state index < -0.39 is 0 Å². The summed E-state index contributed by atoms with van der Waals surface area (Å²) in [6.45, 7) is 29.2. The van der Waals surface area contributed by atoms with Gasteiger partial charge in [0.1, 0.15) is 17.3 Å². The SMILES string of the molecule is CC(C)(C)c1cc(-c2cccc(-c3ccc(C(C)(C)C)cc3CCN3CN(c4cccc(Oc5ccc6c7cc(-c8ccccc8)ccc7n(-c7cc(C(C)(C)C)ccn7)c6c5)c4)c4ccccc43)c2)cc(C(C)(C)C)c1. The second kappa shape index (κ2) is 19.6. The monoisotopic (exact) mass is 1010 g/mol. The van der Waals surface area contributed by atoms with Gasteiger partial charge in [0.2, 0.25) is 0 Å². The summed E-state index contributed by atoms with van der Waals surface area (Å²) in [5.74, 6) is 2.44. The number of anilines is 3. The van der Waals surface area contributed by atoms with Crippen LogP contribution in [0.25, 0.3) is 61.0 Å². The van der Waals surface area contributed by atoms with Gasteiger partial charge in [0.15, 0.2) is 0 Å². The van der Waals surface area contributed by atoms with Crippen LogP contribution in [-0.2, 0) is 28.1 Å². The molecule has 0 atom stereocenters. The number of benzene rings is 8. The molecule has 2 aromatic heterocycles. The second-order valence-corrected chi connectivity index (χ2v) is 25.4. The molecule has 0 N–H and O–H groups in total. The molecule has 0 amide bonds. The van der Waals surface area contributed by atoms with Crippen molar-refractivity contribution >= 4 is 38.9 Å². The normalized spacial score (nSPS) is 13.2. The Labute approximate surface area is 457 Å². The number of hydrogen-bond acceptors (Lipinski definition) is 4. The van der Waals surface area contributed by atoms with Gasteiger partial charge < -0.3 is 14.5 Å². The topological polar surface area (TPSA) is 33.5 Å². The Hall–Kier alpha value is -7.89. The van der Waals surface area contributed by atoms with Crippen LogP contribution in [0.3, 0.4) is 0 Å². The number of fused-ring (bicyclic) bond motifs is 4. The average molecular weight is 1010 g/mol. The number of ether oxygens (including phenoxy) is 1. The molecule has 0 bridgehead atoms. The van der Waals surface area contributed by atoms with E-state index in [0.29, 0.717) is 0 Å². The van der Waals surface area contributed by atoms with Gasteiger partial charge in [-0.3, -0.25) is 4.57 Å². The van der Waals surface area contributed by atoms with E-state index >= 15 is 0 Å². The summed E-state index contributed by atoms with van der Waals surface area (Å²) in [4.78, 5) is 9.94. The van der Waals surface area contributed by atoms with Gasteiger partial charge in [-0.1, -0.05) is 192 Å². The number of hydrogen-bond donors (Lipinski definition) is 0. The molecular weight excluding hydrogens is 937 g/mol. The van der Waals surface area contributed by atoms with E-state index in [4.69, 9.17) is 9.72 Å². The van der Waals surface area contributed by atoms with Crippen molar-refractivity contribution in [2.45, 2.75) is 111 Å². The fraction of sp³-hybridized carbons (Fsp3) is 0.264. The molecule has 0 spiro atoms. The van der Waals surface area contributed by atoms with Crippen LogP contribution >= 0.6 is 0 Å². The molecule has 5 heteroatoms. The lowest BCUT2D eigenvalue weighted by Gasteiger charge is -2.26. The third-order valence-corrected chi connectivity index (χ3v) is 15.7. The molecule has 8 aromatic carbocycles. The Kier molecular flexibility index (Phi) is 13.0. The van der Waals surface area contributed by atoms with Gasteiger partial charge in [-0.15, -0.1) is 0 Å². The van der Waals surface area contributed by atoms with Crippen molar-refractivity contribution in [1.82, 2.24) is 9.55 Å². The van der Waals surface area contributed by atoms with E-state index in [0.717, 1.165) is 59.1 Å². The van der Waals surface area contributed by atoms with Crippen molar-refractivity contribution in [3.8, 4) is 50.7 Å². The zero-order valence-electron chi connectivity index (χ0n) is 47.3. The van der Waals surface area contributed by atoms with Crippen molar-refractivity contribution in [3.63, 3.8) is 0 Å². The fourth-order valence-electron chi connectivity index (χ4n) is 11.0. The molecule has 77 heavy (non-hydrogen) atoms. The molecule has 0 saturated carbocycles. The first-order valence-corrected chi connectivity index (χ1v) is 27.6. The summed E-state index contributed by atoms with van der Waals surface area (Å²) in [5, 5.41) is 2.33. The Morgan fingerprint density at radius 1 is 0.429 bits per heavy atom. The highest BCUT2D eigenvalue weighted by Gasteiger charge is 2.28. The molecule has 11 rings (SSSR count). The first-order valence-electron chi connectivity index (χ1n) is 27.6. The van der Waals surface area contributed by atoms with E-state index in [9.17, 15) is 0 Å². The molecule has 3 heterocycles. The first kappa shape index (κ1) is 51.2. The molecule has 0 aliphatic carbocycles. The molecule has 1 aliphatic heterocycles. The quantitative estimate of drug-likeness (QED) is 0.137. The summed E-state index contributed by atoms with van der Waals surface area (Å²) < 4.78 is 9.16. The highest BCUT2D eigenvalue weighted by molar-refractivity contribution is 6.10. The third-order valence-electron chi connectivity index (χ3n) is 15.7. The van der Waals surface area contributed by atoms with Gasteiger partial charge in [0.05, 0.1) is 29.1 Å². The van der Waals surface area contributed by atoms with Crippen LogP contribution in [0.5, 0.6) is 11.5 Å². The maximum atomic E-state index is 6.86. The highest BCUT2D eigenvalue weighted by Crippen LogP contribution is 2.44. The van der Waals surface area contributed by atoms with E-state index in [1.54, 1.807) is 0 Å². The predicted molar refractivity (Wildman–Crippen MR) is 327 cm³/mol. The standard InChI is InChI=1S/C72H74N4O/c1-69(2,3)54-29-31-61(51-23-18-22-49(38-51)53-40-56(71(7,8)9)43-57(41-53)72(10,11)12)52(39-54)35-37-74-47-75(66-27-17-16-26-65(66)74)58-24-19-25-59(45-58)77-60-30-32-62-63-42-50(48-20-14-13-15-21-48)28-33-64(63)76(67(62)46-60)68-44-55(34-36-73-68)70(4,5)6/h13-34,36,38-46H,35,37,47H2,1-12H3. The molecule has 388 valence electrons. The van der Waals surface area contributed by atoms with Crippen LogP contribution in [0, 0.1) is 0 Å². The average Bonchev–Trinajstić information content (AvgIpc) is 4.05. The molecular formula is C72H74N4O. The highest BCUT2D eigenvalue weighted by atomic mass is 16.5. The van der Waals surface area contributed by atoms with Crippen LogP contribution in [-0.4, -0.2) is 22.8 Å². The van der Waals surface area contributed by atoms with Gasteiger partial charge in [-0.2, -0.15) is 0 Å². The minimum atomic E-state index is -0.0321. The van der Waals surface area contributed by atoms with Crippen molar-refractivity contribution in [3.05, 3.63) is 222 Å². The largest absolute Gasteiger partial charge is 0.457 e. The lowest BCUT2D eigenvalue weighted by atomic mass is 9.78. The van der Waals surface area contributed by atoms with Crippen LogP contribution in [0.2, 0.25) is 0 Å². The van der Waals surface area contributed by atoms with Crippen molar-refractivity contribution in [2.75, 3.05) is 23.0 Å². The fourth-order valence-corrected chi connectivity index (χ4v) is 11.0. The zero-order chi connectivity index (χ0) is 54.0. The summed E-state index contributed by atoms with van der Waals surface area (Å²) in [7, 11) is 0. The summed E-state index contributed by atoms with van der Waals surface area (Å²) in [6.07, 6.45) is 2.83. The van der Waals surface area contributed by atoms with Crippen LogP contribution < -0.4 is 14.5 Å². The molecule has 10 aromatic rings. The van der Waals surface area contributed by atoms with Crippen LogP contribution in [0.15, 0.2) is 194 Å². The Bertz CT molecular complexity index is 3780. The van der Waals surface area contributed by atoms with Crippen LogP contribution in [0.4, 0.5) is 17.1 Å². The van der Waals surface area contributed by atoms with E-state index in [2.05, 4.69) is 286 Å². The molecule has 0 unspecified atom stereocenters. The van der Waals surface area contributed by atoms with E-state index in [1.807, 2.05) is 6.20 Å².